The predicted octanol–water partition coefficient (Wildman–Crippen LogP) is 2.48. The maximum Gasteiger partial charge on any atom is 0.242 e. The molecule has 0 aliphatic heterocycles. The Kier molecular flexibility index (Phi) is 5.33. The molecule has 0 spiro atoms. The van der Waals surface area contributed by atoms with Gasteiger partial charge in [0.15, 0.2) is 0 Å². The van der Waals surface area contributed by atoms with Crippen LogP contribution < -0.4 is 10.0 Å². The van der Waals surface area contributed by atoms with E-state index in [2.05, 4.69) is 15.0 Å². The number of pyridine rings is 1. The van der Waals surface area contributed by atoms with Crippen molar-refractivity contribution < 1.29 is 8.42 Å². The van der Waals surface area contributed by atoms with Crippen molar-refractivity contribution in [1.29, 1.82) is 0 Å². The summed E-state index contributed by atoms with van der Waals surface area (Å²) in [6.45, 7) is 4.56. The first-order valence-electron chi connectivity index (χ1n) is 6.74. The molecule has 2 heterocycles. The maximum absolute atomic E-state index is 12.3. The van der Waals surface area contributed by atoms with Crippen LogP contribution in [0.25, 0.3) is 0 Å². The van der Waals surface area contributed by atoms with Gasteiger partial charge < -0.3 is 5.32 Å². The van der Waals surface area contributed by atoms with E-state index >= 15 is 0 Å². The molecule has 2 aromatic rings. The molecular weight excluding hydrogens is 306 g/mol. The smallest absolute Gasteiger partial charge is 0.242 e. The van der Waals surface area contributed by atoms with E-state index in [0.29, 0.717) is 12.2 Å². The summed E-state index contributed by atoms with van der Waals surface area (Å²) in [5.41, 5.74) is 1.14. The van der Waals surface area contributed by atoms with Crippen LogP contribution in [-0.2, 0) is 16.4 Å². The fraction of sp³-hybridized carbons (Fsp3) is 0.357. The van der Waals surface area contributed by atoms with E-state index in [1.807, 2.05) is 30.7 Å². The largest absolute Gasteiger partial charge is 0.370 e. The van der Waals surface area contributed by atoms with Crippen LogP contribution in [0.1, 0.15) is 19.4 Å². The third-order valence-corrected chi connectivity index (χ3v) is 5.19. The summed E-state index contributed by atoms with van der Waals surface area (Å²) in [6.07, 6.45) is 2.04. The second-order valence-corrected chi connectivity index (χ2v) is 7.26. The fourth-order valence-electron chi connectivity index (χ4n) is 1.96. The molecule has 0 amide bonds. The molecule has 0 aromatic carbocycles. The van der Waals surface area contributed by atoms with Crippen LogP contribution in [0, 0.1) is 0 Å². The molecular formula is C14H19N3O2S2. The Morgan fingerprint density at radius 2 is 2.14 bits per heavy atom. The van der Waals surface area contributed by atoms with E-state index in [-0.39, 0.29) is 10.9 Å². The zero-order chi connectivity index (χ0) is 15.3. The van der Waals surface area contributed by atoms with Crippen LogP contribution in [0.4, 0.5) is 5.82 Å². The van der Waals surface area contributed by atoms with Crippen LogP contribution in [0.5, 0.6) is 0 Å². The van der Waals surface area contributed by atoms with Crippen molar-refractivity contribution in [3.63, 3.8) is 0 Å². The molecule has 1 atom stereocenters. The molecule has 0 radical (unpaired) electrons. The Labute approximate surface area is 129 Å². The van der Waals surface area contributed by atoms with Gasteiger partial charge in [0.2, 0.25) is 10.0 Å². The Bertz CT molecular complexity index is 652. The first-order chi connectivity index (χ1) is 10.0. The van der Waals surface area contributed by atoms with Crippen LogP contribution in [-0.4, -0.2) is 26.0 Å². The maximum atomic E-state index is 12.3. The fourth-order valence-corrected chi connectivity index (χ4v) is 3.83. The van der Waals surface area contributed by atoms with Gasteiger partial charge in [-0.15, -0.1) is 0 Å². The van der Waals surface area contributed by atoms with Gasteiger partial charge in [0, 0.05) is 18.8 Å². The second-order valence-electron chi connectivity index (χ2n) is 4.77. The molecule has 114 valence electrons. The Balaban J connectivity index is 2.03. The summed E-state index contributed by atoms with van der Waals surface area (Å²) in [7, 11) is -3.53. The monoisotopic (exact) mass is 325 g/mol. The minimum absolute atomic E-state index is 0.168. The van der Waals surface area contributed by atoms with Crippen molar-refractivity contribution in [1.82, 2.24) is 9.71 Å². The lowest BCUT2D eigenvalue weighted by Crippen LogP contribution is -2.34. The number of sulfonamides is 1. The van der Waals surface area contributed by atoms with Gasteiger partial charge in [-0.25, -0.2) is 18.1 Å². The number of anilines is 1. The van der Waals surface area contributed by atoms with Gasteiger partial charge in [-0.1, -0.05) is 0 Å². The SMILES string of the molecule is CCNc1ccc(S(=O)(=O)NC(C)Cc2ccsc2)cn1. The molecule has 2 aromatic heterocycles. The van der Waals surface area contributed by atoms with E-state index < -0.39 is 10.0 Å². The molecule has 0 fully saturated rings. The molecule has 0 bridgehead atoms. The molecule has 21 heavy (non-hydrogen) atoms. The number of aromatic nitrogens is 1. The highest BCUT2D eigenvalue weighted by atomic mass is 32.2. The topological polar surface area (TPSA) is 71.1 Å². The number of thiophene rings is 1. The molecule has 1 unspecified atom stereocenters. The van der Waals surface area contributed by atoms with E-state index in [9.17, 15) is 8.42 Å². The molecule has 5 nitrogen and oxygen atoms in total. The van der Waals surface area contributed by atoms with Gasteiger partial charge >= 0.3 is 0 Å². The van der Waals surface area contributed by atoms with Gasteiger partial charge in [-0.05, 0) is 54.8 Å². The quantitative estimate of drug-likeness (QED) is 0.820. The molecule has 0 saturated heterocycles. The molecule has 0 saturated carbocycles. The average Bonchev–Trinajstić information content (AvgIpc) is 2.92. The van der Waals surface area contributed by atoms with Crippen molar-refractivity contribution in [2.75, 3.05) is 11.9 Å². The highest BCUT2D eigenvalue weighted by Crippen LogP contribution is 2.13. The Hall–Kier alpha value is -1.44. The summed E-state index contributed by atoms with van der Waals surface area (Å²) in [6, 6.07) is 5.06. The van der Waals surface area contributed by atoms with E-state index in [1.54, 1.807) is 23.5 Å². The number of rotatable bonds is 7. The predicted molar refractivity (Wildman–Crippen MR) is 86.2 cm³/mol. The van der Waals surface area contributed by atoms with Gasteiger partial charge in [-0.3, -0.25) is 0 Å². The Morgan fingerprint density at radius 1 is 1.33 bits per heavy atom. The van der Waals surface area contributed by atoms with Crippen LogP contribution in [0.3, 0.4) is 0 Å². The molecule has 2 N–H and O–H groups in total. The highest BCUT2D eigenvalue weighted by Gasteiger charge is 2.18. The van der Waals surface area contributed by atoms with Crippen molar-refractivity contribution in [3.05, 3.63) is 40.7 Å². The zero-order valence-corrected chi connectivity index (χ0v) is 13.7. The normalized spacial score (nSPS) is 13.0. The van der Waals surface area contributed by atoms with Gasteiger partial charge in [0.1, 0.15) is 10.7 Å². The summed E-state index contributed by atoms with van der Waals surface area (Å²) in [4.78, 5) is 4.27. The minimum atomic E-state index is -3.53. The summed E-state index contributed by atoms with van der Waals surface area (Å²) < 4.78 is 27.2. The first-order valence-corrected chi connectivity index (χ1v) is 9.17. The number of nitrogens with zero attached hydrogens (tertiary/aromatic N) is 1. The van der Waals surface area contributed by atoms with Crippen molar-refractivity contribution in [2.24, 2.45) is 0 Å². The van der Waals surface area contributed by atoms with Gasteiger partial charge in [0.05, 0.1) is 0 Å². The van der Waals surface area contributed by atoms with Crippen molar-refractivity contribution in [3.8, 4) is 0 Å². The third kappa shape index (κ3) is 4.52. The van der Waals surface area contributed by atoms with Crippen molar-refractivity contribution >= 4 is 27.2 Å². The number of hydrogen-bond donors (Lipinski definition) is 2. The number of hydrogen-bond acceptors (Lipinski definition) is 5. The second kappa shape index (κ2) is 7.02. The van der Waals surface area contributed by atoms with E-state index in [1.165, 1.54) is 6.20 Å². The van der Waals surface area contributed by atoms with E-state index in [4.69, 9.17) is 0 Å². The summed E-state index contributed by atoms with van der Waals surface area (Å²) in [5.74, 6) is 0.669. The lowest BCUT2D eigenvalue weighted by Gasteiger charge is -2.13. The summed E-state index contributed by atoms with van der Waals surface area (Å²) in [5, 5.41) is 7.04. The molecule has 0 aliphatic carbocycles. The van der Waals surface area contributed by atoms with Crippen LogP contribution >= 0.6 is 11.3 Å². The Morgan fingerprint density at radius 3 is 2.71 bits per heavy atom. The first kappa shape index (κ1) is 15.9. The van der Waals surface area contributed by atoms with Gasteiger partial charge in [-0.2, -0.15) is 11.3 Å². The van der Waals surface area contributed by atoms with E-state index in [0.717, 1.165) is 12.1 Å². The molecule has 2 rings (SSSR count). The lowest BCUT2D eigenvalue weighted by molar-refractivity contribution is 0.559. The average molecular weight is 325 g/mol. The third-order valence-electron chi connectivity index (χ3n) is 2.88. The minimum Gasteiger partial charge on any atom is -0.370 e. The van der Waals surface area contributed by atoms with Crippen LogP contribution in [0.2, 0.25) is 0 Å². The van der Waals surface area contributed by atoms with Gasteiger partial charge in [0.25, 0.3) is 0 Å². The molecule has 0 aliphatic rings. The number of nitrogens with one attached hydrogen (secondary N) is 2. The van der Waals surface area contributed by atoms with Crippen molar-refractivity contribution in [2.45, 2.75) is 31.2 Å². The standard InChI is InChI=1S/C14H19N3O2S2/c1-3-15-14-5-4-13(9-16-14)21(18,19)17-11(2)8-12-6-7-20-10-12/h4-7,9-11,17H,3,8H2,1-2H3,(H,15,16). The lowest BCUT2D eigenvalue weighted by atomic mass is 10.1. The highest BCUT2D eigenvalue weighted by molar-refractivity contribution is 7.89. The molecule has 7 heteroatoms. The zero-order valence-electron chi connectivity index (χ0n) is 12.0. The summed E-state index contributed by atoms with van der Waals surface area (Å²) >= 11 is 1.61. The van der Waals surface area contributed by atoms with Crippen LogP contribution in [0.15, 0.2) is 40.1 Å².